The van der Waals surface area contributed by atoms with E-state index in [1.807, 2.05) is 0 Å². The Balaban J connectivity index is 1.02. The summed E-state index contributed by atoms with van der Waals surface area (Å²) in [6, 6.07) is 75.8. The van der Waals surface area contributed by atoms with Gasteiger partial charge in [0.05, 0.1) is 5.41 Å². The molecule has 0 fully saturated rings. The van der Waals surface area contributed by atoms with E-state index in [9.17, 15) is 0 Å². The Kier molecular flexibility index (Phi) is 7.12. The van der Waals surface area contributed by atoms with Gasteiger partial charge in [-0.05, 0) is 137 Å². The second kappa shape index (κ2) is 12.4. The number of nitrogens with zero attached hydrogens (tertiary/aromatic N) is 1. The lowest BCUT2D eigenvalue weighted by molar-refractivity contribution is 0.660. The lowest BCUT2D eigenvalue weighted by atomic mass is 9.70. The van der Waals surface area contributed by atoms with Crippen LogP contribution in [0.1, 0.15) is 72.2 Å². The van der Waals surface area contributed by atoms with Gasteiger partial charge in [-0.1, -0.05) is 191 Å². The van der Waals surface area contributed by atoms with Gasteiger partial charge in [-0.2, -0.15) is 0 Å². The van der Waals surface area contributed by atoms with Crippen molar-refractivity contribution < 1.29 is 0 Å². The Labute approximate surface area is 364 Å². The summed E-state index contributed by atoms with van der Waals surface area (Å²) in [5.74, 6) is 0. The molecule has 0 amide bonds. The Morgan fingerprint density at radius 3 is 1.21 bits per heavy atom. The lowest BCUT2D eigenvalue weighted by Crippen LogP contribution is -2.26. The van der Waals surface area contributed by atoms with Crippen LogP contribution in [0.25, 0.3) is 55.6 Å². The molecule has 9 aromatic carbocycles. The molecule has 62 heavy (non-hydrogen) atoms. The zero-order valence-corrected chi connectivity index (χ0v) is 35.5. The Morgan fingerprint density at radius 1 is 0.274 bits per heavy atom. The second-order valence-corrected chi connectivity index (χ2v) is 18.8. The van der Waals surface area contributed by atoms with E-state index in [1.165, 1.54) is 100 Å². The van der Waals surface area contributed by atoms with E-state index < -0.39 is 5.41 Å². The molecule has 0 N–H and O–H groups in total. The van der Waals surface area contributed by atoms with Gasteiger partial charge in [0.25, 0.3) is 0 Å². The first-order valence-corrected chi connectivity index (χ1v) is 22.1. The molecule has 4 aliphatic rings. The number of fused-ring (bicyclic) bond motifs is 16. The summed E-state index contributed by atoms with van der Waals surface area (Å²) in [6.45, 7) is 9.48. The minimum atomic E-state index is -0.427. The fourth-order valence-electron chi connectivity index (χ4n) is 12.3. The summed E-state index contributed by atoms with van der Waals surface area (Å²) in [4.78, 5) is 2.50. The first kappa shape index (κ1) is 35.5. The largest absolute Gasteiger partial charge is 0.310 e. The maximum absolute atomic E-state index is 2.51. The van der Waals surface area contributed by atoms with Gasteiger partial charge in [-0.25, -0.2) is 0 Å². The smallest absolute Gasteiger partial charge is 0.0726 e. The van der Waals surface area contributed by atoms with Gasteiger partial charge in [-0.3, -0.25) is 0 Å². The normalized spacial score (nSPS) is 15.5. The van der Waals surface area contributed by atoms with Crippen LogP contribution < -0.4 is 4.90 Å². The van der Waals surface area contributed by atoms with Gasteiger partial charge in [0.15, 0.2) is 0 Å². The first-order valence-electron chi connectivity index (χ1n) is 22.1. The molecule has 13 rings (SSSR count). The molecule has 0 bridgehead atoms. The average molecular weight is 792 g/mol. The molecule has 1 heteroatoms. The molecule has 0 radical (unpaired) electrons. The van der Waals surface area contributed by atoms with Gasteiger partial charge in [-0.15, -0.1) is 0 Å². The monoisotopic (exact) mass is 791 g/mol. The van der Waals surface area contributed by atoms with Crippen molar-refractivity contribution in [1.29, 1.82) is 0 Å². The van der Waals surface area contributed by atoms with Gasteiger partial charge in [0.2, 0.25) is 0 Å². The fourth-order valence-corrected chi connectivity index (χ4v) is 12.3. The van der Waals surface area contributed by atoms with Crippen molar-refractivity contribution >= 4 is 17.1 Å². The van der Waals surface area contributed by atoms with E-state index in [0.29, 0.717) is 0 Å². The van der Waals surface area contributed by atoms with Crippen LogP contribution >= 0.6 is 0 Å². The van der Waals surface area contributed by atoms with Crippen molar-refractivity contribution in [2.75, 3.05) is 4.90 Å². The van der Waals surface area contributed by atoms with Crippen LogP contribution in [-0.2, 0) is 16.2 Å². The Hall–Kier alpha value is -7.22. The molecular weight excluding hydrogens is 747 g/mol. The van der Waals surface area contributed by atoms with E-state index in [0.717, 1.165) is 17.1 Å². The lowest BCUT2D eigenvalue weighted by Gasteiger charge is -2.32. The highest BCUT2D eigenvalue weighted by molar-refractivity contribution is 5.97. The van der Waals surface area contributed by atoms with Crippen molar-refractivity contribution in [2.24, 2.45) is 0 Å². The van der Waals surface area contributed by atoms with Crippen molar-refractivity contribution in [1.82, 2.24) is 0 Å². The standard InChI is InChI=1S/C61H45N/c1-59(2)51-23-11-9-20-49(51)58-42(21-15-27-55(58)59)38-28-30-39(31-29-38)62(40-32-34-47-43-16-5-10-22-50(43)60(3,4)56(47)36-40)41-33-35-48-46-19-8-14-26-54(46)61(57(48)37-41)52-24-12-6-17-44(52)45-18-7-13-25-53(45)61/h5-37H,1-4H3. The van der Waals surface area contributed by atoms with E-state index in [4.69, 9.17) is 0 Å². The van der Waals surface area contributed by atoms with Crippen molar-refractivity contribution in [2.45, 2.75) is 43.9 Å². The summed E-state index contributed by atoms with van der Waals surface area (Å²) in [5, 5.41) is 0. The molecule has 4 aliphatic carbocycles. The molecule has 0 saturated heterocycles. The molecule has 1 nitrogen and oxygen atoms in total. The molecule has 0 aliphatic heterocycles. The van der Waals surface area contributed by atoms with E-state index >= 15 is 0 Å². The molecular formula is C61H45N. The fraction of sp³-hybridized carbons (Fsp3) is 0.115. The predicted molar refractivity (Wildman–Crippen MR) is 258 cm³/mol. The highest BCUT2D eigenvalue weighted by Crippen LogP contribution is 2.63. The van der Waals surface area contributed by atoms with Gasteiger partial charge < -0.3 is 4.90 Å². The van der Waals surface area contributed by atoms with Crippen LogP contribution in [0.4, 0.5) is 17.1 Å². The molecule has 1 spiro atoms. The van der Waals surface area contributed by atoms with Crippen LogP contribution in [-0.4, -0.2) is 0 Å². The molecule has 0 atom stereocenters. The van der Waals surface area contributed by atoms with Crippen molar-refractivity contribution in [3.63, 3.8) is 0 Å². The quantitative estimate of drug-likeness (QED) is 0.172. The second-order valence-electron chi connectivity index (χ2n) is 18.8. The summed E-state index contributed by atoms with van der Waals surface area (Å²) in [7, 11) is 0. The van der Waals surface area contributed by atoms with Gasteiger partial charge in [0, 0.05) is 27.9 Å². The molecule has 0 unspecified atom stereocenters. The number of hydrogen-bond acceptors (Lipinski definition) is 1. The third kappa shape index (κ3) is 4.48. The SMILES string of the molecule is CC1(C)c2ccccc2-c2ccc(N(c3ccc(-c4cccc5c4-c4ccccc4C5(C)C)cc3)c3ccc4c(c3)C3(c5ccccc5-c5ccccc53)c3ccccc3-4)cc21. The molecule has 0 heterocycles. The zero-order chi connectivity index (χ0) is 41.5. The number of benzene rings is 9. The van der Waals surface area contributed by atoms with Crippen LogP contribution in [0, 0.1) is 0 Å². The topological polar surface area (TPSA) is 3.24 Å². The minimum absolute atomic E-state index is 0.0510. The first-order chi connectivity index (χ1) is 30.3. The summed E-state index contributed by atoms with van der Waals surface area (Å²) >= 11 is 0. The van der Waals surface area contributed by atoms with Crippen molar-refractivity contribution in [3.05, 3.63) is 245 Å². The molecule has 0 aromatic heterocycles. The highest BCUT2D eigenvalue weighted by atomic mass is 15.1. The van der Waals surface area contributed by atoms with Crippen molar-refractivity contribution in [3.8, 4) is 55.6 Å². The maximum atomic E-state index is 2.51. The average Bonchev–Trinajstić information content (AvgIpc) is 3.95. The summed E-state index contributed by atoms with van der Waals surface area (Å²) in [6.07, 6.45) is 0. The maximum Gasteiger partial charge on any atom is 0.0726 e. The van der Waals surface area contributed by atoms with Crippen LogP contribution in [0.3, 0.4) is 0 Å². The van der Waals surface area contributed by atoms with Gasteiger partial charge >= 0.3 is 0 Å². The van der Waals surface area contributed by atoms with E-state index in [-0.39, 0.29) is 10.8 Å². The summed E-state index contributed by atoms with van der Waals surface area (Å²) in [5.41, 5.74) is 26.9. The van der Waals surface area contributed by atoms with E-state index in [1.54, 1.807) is 0 Å². The minimum Gasteiger partial charge on any atom is -0.310 e. The number of anilines is 3. The van der Waals surface area contributed by atoms with Crippen LogP contribution in [0.5, 0.6) is 0 Å². The molecule has 0 saturated carbocycles. The third-order valence-corrected chi connectivity index (χ3v) is 15.1. The van der Waals surface area contributed by atoms with E-state index in [2.05, 4.69) is 233 Å². The molecule has 294 valence electrons. The predicted octanol–water partition coefficient (Wildman–Crippen LogP) is 15.8. The number of rotatable bonds is 4. The van der Waals surface area contributed by atoms with Crippen LogP contribution in [0.15, 0.2) is 200 Å². The zero-order valence-electron chi connectivity index (χ0n) is 35.5. The Bertz CT molecular complexity index is 3300. The van der Waals surface area contributed by atoms with Crippen LogP contribution in [0.2, 0.25) is 0 Å². The summed E-state index contributed by atoms with van der Waals surface area (Å²) < 4.78 is 0. The van der Waals surface area contributed by atoms with Gasteiger partial charge in [0.1, 0.15) is 0 Å². The third-order valence-electron chi connectivity index (χ3n) is 15.1. The molecule has 9 aromatic rings. The highest BCUT2D eigenvalue weighted by Gasteiger charge is 2.51. The number of hydrogen-bond donors (Lipinski definition) is 0. The Morgan fingerprint density at radius 2 is 0.645 bits per heavy atom.